The first-order valence-corrected chi connectivity index (χ1v) is 22.6. The molecule has 0 aliphatic heterocycles. The van der Waals surface area contributed by atoms with Gasteiger partial charge in [0, 0.05) is 32.6 Å². The molecule has 0 fully saturated rings. The fourth-order valence-electron chi connectivity index (χ4n) is 11.6. The van der Waals surface area contributed by atoms with E-state index in [4.69, 9.17) is 0 Å². The second-order valence-corrected chi connectivity index (χ2v) is 17.6. The normalized spacial score (nSPS) is 13.0. The molecule has 0 atom stereocenters. The van der Waals surface area contributed by atoms with E-state index in [1.54, 1.807) is 0 Å². The molecule has 0 saturated heterocycles. The Hall–Kier alpha value is -8.46. The van der Waals surface area contributed by atoms with Gasteiger partial charge in [-0.3, -0.25) is 0 Å². The van der Waals surface area contributed by atoms with Crippen molar-refractivity contribution in [2.45, 2.75) is 5.41 Å². The molecule has 13 aromatic rings. The van der Waals surface area contributed by atoms with E-state index in [1.165, 1.54) is 115 Å². The molecule has 1 aliphatic rings. The van der Waals surface area contributed by atoms with Crippen LogP contribution in [0.4, 0.5) is 0 Å². The fourth-order valence-corrected chi connectivity index (χ4v) is 11.6. The summed E-state index contributed by atoms with van der Waals surface area (Å²) < 4.78 is 4.96. The predicted octanol–water partition coefficient (Wildman–Crippen LogP) is 16.2. The minimum atomic E-state index is -0.561. The maximum absolute atomic E-state index is 2.51. The lowest BCUT2D eigenvalue weighted by molar-refractivity contribution is 0.776. The molecule has 0 radical (unpaired) electrons. The van der Waals surface area contributed by atoms with Crippen molar-refractivity contribution >= 4 is 65.2 Å². The Morgan fingerprint density at radius 2 is 0.892 bits per heavy atom. The molecule has 0 saturated carbocycles. The standard InChI is InChI=1S/C63H40N2/c1-3-20-46(21-4-1)63(47-22-5-2-6-23-47)55-27-13-11-25-50(55)52-34-37-60-61(62(52)63)54-40-45(32-36-59(54)64(60)48-33-30-41-16-7-8-18-43(41)38-48)44-31-35-58-53(39-44)51-26-12-14-28-57(51)65(58)56-29-15-19-42-17-9-10-24-49(42)56/h1-40H. The van der Waals surface area contributed by atoms with Crippen molar-refractivity contribution in [3.63, 3.8) is 0 Å². The van der Waals surface area contributed by atoms with Gasteiger partial charge in [-0.1, -0.05) is 188 Å². The lowest BCUT2D eigenvalue weighted by atomic mass is 9.67. The molecular formula is C63H40N2. The SMILES string of the molecule is c1ccc(C2(c3ccccc3)c3ccccc3-c3ccc4c(c32)c2cc(-c3ccc5c(c3)c3ccccc3n5-c3cccc5ccccc35)ccc2n4-c2ccc3ccccc3c2)cc1. The van der Waals surface area contributed by atoms with Crippen molar-refractivity contribution in [3.8, 4) is 33.6 Å². The molecule has 11 aromatic carbocycles. The van der Waals surface area contributed by atoms with Crippen LogP contribution in [0.5, 0.6) is 0 Å². The third-order valence-electron chi connectivity index (χ3n) is 14.3. The van der Waals surface area contributed by atoms with Crippen LogP contribution in [0.25, 0.3) is 98.8 Å². The summed E-state index contributed by atoms with van der Waals surface area (Å²) in [6.45, 7) is 0. The van der Waals surface area contributed by atoms with Gasteiger partial charge in [-0.25, -0.2) is 0 Å². The van der Waals surface area contributed by atoms with E-state index in [2.05, 4.69) is 252 Å². The van der Waals surface area contributed by atoms with Crippen LogP contribution < -0.4 is 0 Å². The largest absolute Gasteiger partial charge is 0.309 e. The molecule has 2 heteroatoms. The number of hydrogen-bond acceptors (Lipinski definition) is 0. The van der Waals surface area contributed by atoms with Gasteiger partial charge in [-0.05, 0) is 115 Å². The quantitative estimate of drug-likeness (QED) is 0.164. The van der Waals surface area contributed by atoms with Crippen molar-refractivity contribution in [1.29, 1.82) is 0 Å². The topological polar surface area (TPSA) is 9.86 Å². The Bertz CT molecular complexity index is 4010. The molecule has 0 unspecified atom stereocenters. The maximum Gasteiger partial charge on any atom is 0.0720 e. The van der Waals surface area contributed by atoms with E-state index in [0.717, 1.165) is 5.69 Å². The molecule has 2 nitrogen and oxygen atoms in total. The third kappa shape index (κ3) is 5.05. The van der Waals surface area contributed by atoms with Gasteiger partial charge < -0.3 is 9.13 Å². The number of fused-ring (bicyclic) bond motifs is 12. The van der Waals surface area contributed by atoms with Crippen LogP contribution >= 0.6 is 0 Å². The number of nitrogens with zero attached hydrogens (tertiary/aromatic N) is 2. The lowest BCUT2D eigenvalue weighted by Gasteiger charge is -2.34. The molecule has 0 bridgehead atoms. The first-order valence-electron chi connectivity index (χ1n) is 22.6. The van der Waals surface area contributed by atoms with Crippen molar-refractivity contribution in [3.05, 3.63) is 265 Å². The number of para-hydroxylation sites is 1. The average molecular weight is 825 g/mol. The van der Waals surface area contributed by atoms with Gasteiger partial charge in [0.2, 0.25) is 0 Å². The molecule has 1 aliphatic carbocycles. The summed E-state index contributed by atoms with van der Waals surface area (Å²) in [7, 11) is 0. The van der Waals surface area contributed by atoms with Gasteiger partial charge in [-0.2, -0.15) is 0 Å². The summed E-state index contributed by atoms with van der Waals surface area (Å²) in [5.74, 6) is 0. The first-order chi connectivity index (χ1) is 32.3. The van der Waals surface area contributed by atoms with Crippen LogP contribution in [-0.2, 0) is 5.41 Å². The van der Waals surface area contributed by atoms with Gasteiger partial charge in [-0.15, -0.1) is 0 Å². The highest BCUT2D eigenvalue weighted by Gasteiger charge is 2.47. The molecule has 0 spiro atoms. The number of rotatable bonds is 5. The van der Waals surface area contributed by atoms with E-state index in [0.29, 0.717) is 0 Å². The summed E-state index contributed by atoms with van der Waals surface area (Å²) >= 11 is 0. The highest BCUT2D eigenvalue weighted by molar-refractivity contribution is 6.17. The summed E-state index contributed by atoms with van der Waals surface area (Å²) in [4.78, 5) is 0. The second-order valence-electron chi connectivity index (χ2n) is 17.6. The monoisotopic (exact) mass is 824 g/mol. The third-order valence-corrected chi connectivity index (χ3v) is 14.3. The average Bonchev–Trinajstić information content (AvgIpc) is 4.00. The van der Waals surface area contributed by atoms with Crippen molar-refractivity contribution in [2.75, 3.05) is 0 Å². The number of hydrogen-bond donors (Lipinski definition) is 0. The Balaban J connectivity index is 1.08. The zero-order valence-corrected chi connectivity index (χ0v) is 35.5. The van der Waals surface area contributed by atoms with E-state index >= 15 is 0 Å². The molecule has 14 rings (SSSR count). The Morgan fingerprint density at radius 3 is 1.68 bits per heavy atom. The number of benzene rings is 11. The highest BCUT2D eigenvalue weighted by Crippen LogP contribution is 2.59. The molecule has 2 aromatic heterocycles. The molecule has 65 heavy (non-hydrogen) atoms. The van der Waals surface area contributed by atoms with Crippen LogP contribution in [0.2, 0.25) is 0 Å². The van der Waals surface area contributed by atoms with Crippen molar-refractivity contribution in [2.24, 2.45) is 0 Å². The minimum Gasteiger partial charge on any atom is -0.309 e. The highest BCUT2D eigenvalue weighted by atomic mass is 15.0. The Kier molecular flexibility index (Phi) is 7.64. The van der Waals surface area contributed by atoms with E-state index < -0.39 is 5.41 Å². The lowest BCUT2D eigenvalue weighted by Crippen LogP contribution is -2.28. The molecule has 0 N–H and O–H groups in total. The second kappa shape index (κ2) is 13.8. The molecule has 0 amide bonds. The van der Waals surface area contributed by atoms with Crippen molar-refractivity contribution < 1.29 is 0 Å². The van der Waals surface area contributed by atoms with Crippen LogP contribution in [0.1, 0.15) is 22.3 Å². The van der Waals surface area contributed by atoms with E-state index in [9.17, 15) is 0 Å². The van der Waals surface area contributed by atoms with Gasteiger partial charge in [0.25, 0.3) is 0 Å². The number of aromatic nitrogens is 2. The molecule has 2 heterocycles. The zero-order chi connectivity index (χ0) is 42.6. The van der Waals surface area contributed by atoms with Gasteiger partial charge in [0.15, 0.2) is 0 Å². The van der Waals surface area contributed by atoms with Crippen molar-refractivity contribution in [1.82, 2.24) is 9.13 Å². The van der Waals surface area contributed by atoms with Gasteiger partial charge in [0.1, 0.15) is 0 Å². The van der Waals surface area contributed by atoms with Gasteiger partial charge in [0.05, 0.1) is 33.2 Å². The van der Waals surface area contributed by atoms with Crippen LogP contribution in [0, 0.1) is 0 Å². The molecular weight excluding hydrogens is 785 g/mol. The van der Waals surface area contributed by atoms with Crippen LogP contribution in [0.3, 0.4) is 0 Å². The smallest absolute Gasteiger partial charge is 0.0720 e. The zero-order valence-electron chi connectivity index (χ0n) is 35.5. The summed E-state index contributed by atoms with van der Waals surface area (Å²) in [5.41, 5.74) is 16.7. The van der Waals surface area contributed by atoms with E-state index in [-0.39, 0.29) is 0 Å². The van der Waals surface area contributed by atoms with E-state index in [1.807, 2.05) is 0 Å². The summed E-state index contributed by atoms with van der Waals surface area (Å²) in [6.07, 6.45) is 0. The van der Waals surface area contributed by atoms with Crippen LogP contribution in [-0.4, -0.2) is 9.13 Å². The molecule has 302 valence electrons. The summed E-state index contributed by atoms with van der Waals surface area (Å²) in [6, 6.07) is 90.3. The summed E-state index contributed by atoms with van der Waals surface area (Å²) in [5, 5.41) is 9.96. The predicted molar refractivity (Wildman–Crippen MR) is 273 cm³/mol. The van der Waals surface area contributed by atoms with Gasteiger partial charge >= 0.3 is 0 Å². The minimum absolute atomic E-state index is 0.561. The Morgan fingerprint density at radius 1 is 0.308 bits per heavy atom. The maximum atomic E-state index is 2.51. The van der Waals surface area contributed by atoms with Crippen LogP contribution in [0.15, 0.2) is 243 Å². The fraction of sp³-hybridized carbons (Fsp3) is 0.0159. The Labute approximate surface area is 376 Å². The first kappa shape index (κ1) is 36.1.